The van der Waals surface area contributed by atoms with E-state index in [1.165, 1.54) is 7.11 Å². The molecule has 0 spiro atoms. The van der Waals surface area contributed by atoms with Gasteiger partial charge in [-0.3, -0.25) is 0 Å². The lowest BCUT2D eigenvalue weighted by Crippen LogP contribution is -2.10. The maximum atomic E-state index is 11.3. The molecule has 2 N–H and O–H groups in total. The van der Waals surface area contributed by atoms with Crippen molar-refractivity contribution < 1.29 is 9.53 Å². The van der Waals surface area contributed by atoms with E-state index in [-0.39, 0.29) is 12.0 Å². The summed E-state index contributed by atoms with van der Waals surface area (Å²) in [5.74, 6) is -0.345. The molecule has 0 saturated heterocycles. The first-order valence-electron chi connectivity index (χ1n) is 4.73. The average Bonchev–Trinajstić information content (AvgIpc) is 2.28. The molecular formula is C12H15NO2. The SMILES string of the molecule is C=CC[C@@H](N)c1cccc(C(=O)OC)c1. The lowest BCUT2D eigenvalue weighted by Gasteiger charge is -2.10. The van der Waals surface area contributed by atoms with E-state index in [0.29, 0.717) is 12.0 Å². The van der Waals surface area contributed by atoms with Crippen molar-refractivity contribution in [3.05, 3.63) is 48.0 Å². The molecule has 3 heteroatoms. The van der Waals surface area contributed by atoms with E-state index in [2.05, 4.69) is 11.3 Å². The summed E-state index contributed by atoms with van der Waals surface area (Å²) < 4.78 is 4.63. The van der Waals surface area contributed by atoms with Gasteiger partial charge in [-0.05, 0) is 24.1 Å². The molecule has 1 rings (SSSR count). The van der Waals surface area contributed by atoms with Crippen LogP contribution in [-0.4, -0.2) is 13.1 Å². The van der Waals surface area contributed by atoms with Crippen molar-refractivity contribution in [2.75, 3.05) is 7.11 Å². The van der Waals surface area contributed by atoms with Crippen molar-refractivity contribution >= 4 is 5.97 Å². The highest BCUT2D eigenvalue weighted by Gasteiger charge is 2.08. The summed E-state index contributed by atoms with van der Waals surface area (Å²) in [6, 6.07) is 7.02. The normalized spacial score (nSPS) is 11.9. The van der Waals surface area contributed by atoms with E-state index in [9.17, 15) is 4.79 Å². The molecule has 0 heterocycles. The van der Waals surface area contributed by atoms with E-state index in [0.717, 1.165) is 5.56 Å². The predicted molar refractivity (Wildman–Crippen MR) is 59.5 cm³/mol. The van der Waals surface area contributed by atoms with Gasteiger partial charge in [0.2, 0.25) is 0 Å². The monoisotopic (exact) mass is 205 g/mol. The molecule has 0 bridgehead atoms. The molecular weight excluding hydrogens is 190 g/mol. The van der Waals surface area contributed by atoms with Crippen LogP contribution < -0.4 is 5.73 Å². The second-order valence-corrected chi connectivity index (χ2v) is 3.25. The smallest absolute Gasteiger partial charge is 0.337 e. The fourth-order valence-electron chi connectivity index (χ4n) is 1.33. The number of ether oxygens (including phenoxy) is 1. The maximum Gasteiger partial charge on any atom is 0.337 e. The molecule has 0 aliphatic carbocycles. The zero-order valence-electron chi connectivity index (χ0n) is 8.77. The Morgan fingerprint density at radius 1 is 1.67 bits per heavy atom. The number of hydrogen-bond donors (Lipinski definition) is 1. The number of nitrogens with two attached hydrogens (primary N) is 1. The van der Waals surface area contributed by atoms with Crippen LogP contribution in [0, 0.1) is 0 Å². The number of benzene rings is 1. The molecule has 3 nitrogen and oxygen atoms in total. The highest BCUT2D eigenvalue weighted by atomic mass is 16.5. The van der Waals surface area contributed by atoms with Gasteiger partial charge in [-0.25, -0.2) is 4.79 Å². The van der Waals surface area contributed by atoms with Gasteiger partial charge < -0.3 is 10.5 Å². The summed E-state index contributed by atoms with van der Waals surface area (Å²) in [5.41, 5.74) is 7.33. The van der Waals surface area contributed by atoms with Gasteiger partial charge in [-0.2, -0.15) is 0 Å². The second kappa shape index (κ2) is 5.32. The summed E-state index contributed by atoms with van der Waals surface area (Å²) in [7, 11) is 1.36. The first-order chi connectivity index (χ1) is 7.19. The van der Waals surface area contributed by atoms with E-state index >= 15 is 0 Å². The molecule has 0 unspecified atom stereocenters. The summed E-state index contributed by atoms with van der Waals surface area (Å²) in [5, 5.41) is 0. The highest BCUT2D eigenvalue weighted by molar-refractivity contribution is 5.89. The molecule has 1 aromatic carbocycles. The van der Waals surface area contributed by atoms with E-state index in [1.807, 2.05) is 6.07 Å². The topological polar surface area (TPSA) is 52.3 Å². The van der Waals surface area contributed by atoms with Crippen LogP contribution in [0.2, 0.25) is 0 Å². The van der Waals surface area contributed by atoms with Gasteiger partial charge in [0.25, 0.3) is 0 Å². The van der Waals surface area contributed by atoms with Crippen LogP contribution in [0.25, 0.3) is 0 Å². The van der Waals surface area contributed by atoms with Gasteiger partial charge >= 0.3 is 5.97 Å². The zero-order valence-corrected chi connectivity index (χ0v) is 8.77. The average molecular weight is 205 g/mol. The highest BCUT2D eigenvalue weighted by Crippen LogP contribution is 2.16. The van der Waals surface area contributed by atoms with Crippen LogP contribution in [0.15, 0.2) is 36.9 Å². The van der Waals surface area contributed by atoms with Crippen molar-refractivity contribution in [2.45, 2.75) is 12.5 Å². The van der Waals surface area contributed by atoms with Gasteiger partial charge in [0, 0.05) is 6.04 Å². The van der Waals surface area contributed by atoms with Crippen LogP contribution in [0.1, 0.15) is 28.4 Å². The van der Waals surface area contributed by atoms with Gasteiger partial charge in [0.1, 0.15) is 0 Å². The minimum atomic E-state index is -0.345. The number of carbonyl (C=O) groups is 1. The predicted octanol–water partition coefficient (Wildman–Crippen LogP) is 2.05. The zero-order chi connectivity index (χ0) is 11.3. The largest absolute Gasteiger partial charge is 0.465 e. The molecule has 0 aliphatic rings. The number of rotatable bonds is 4. The Morgan fingerprint density at radius 3 is 3.00 bits per heavy atom. The standard InChI is InChI=1S/C12H15NO2/c1-3-5-11(13)9-6-4-7-10(8-9)12(14)15-2/h3-4,6-8,11H,1,5,13H2,2H3/t11-/m1/s1. The van der Waals surface area contributed by atoms with Gasteiger partial charge in [-0.15, -0.1) is 6.58 Å². The Labute approximate surface area is 89.5 Å². The van der Waals surface area contributed by atoms with E-state index in [4.69, 9.17) is 5.73 Å². The van der Waals surface area contributed by atoms with Crippen molar-refractivity contribution in [1.82, 2.24) is 0 Å². The van der Waals surface area contributed by atoms with Crippen LogP contribution in [0.5, 0.6) is 0 Å². The molecule has 15 heavy (non-hydrogen) atoms. The molecule has 0 radical (unpaired) electrons. The third kappa shape index (κ3) is 2.92. The molecule has 0 aromatic heterocycles. The van der Waals surface area contributed by atoms with E-state index in [1.54, 1.807) is 24.3 Å². The van der Waals surface area contributed by atoms with Crippen LogP contribution in [0.4, 0.5) is 0 Å². The van der Waals surface area contributed by atoms with Crippen molar-refractivity contribution in [1.29, 1.82) is 0 Å². The third-order valence-corrected chi connectivity index (χ3v) is 2.16. The Morgan fingerprint density at radius 2 is 2.40 bits per heavy atom. The molecule has 0 amide bonds. The minimum Gasteiger partial charge on any atom is -0.465 e. The Bertz CT molecular complexity index is 360. The molecule has 1 aromatic rings. The Kier molecular flexibility index (Phi) is 4.06. The summed E-state index contributed by atoms with van der Waals surface area (Å²) in [6.07, 6.45) is 2.44. The molecule has 1 atom stereocenters. The fraction of sp³-hybridized carbons (Fsp3) is 0.250. The number of hydrogen-bond acceptors (Lipinski definition) is 3. The van der Waals surface area contributed by atoms with Crippen molar-refractivity contribution in [3.63, 3.8) is 0 Å². The Balaban J connectivity index is 2.91. The first kappa shape index (κ1) is 11.5. The molecule has 0 saturated carbocycles. The van der Waals surface area contributed by atoms with Crippen LogP contribution >= 0.6 is 0 Å². The summed E-state index contributed by atoms with van der Waals surface area (Å²) >= 11 is 0. The molecule has 80 valence electrons. The number of methoxy groups -OCH3 is 1. The fourth-order valence-corrected chi connectivity index (χ4v) is 1.33. The summed E-state index contributed by atoms with van der Waals surface area (Å²) in [4.78, 5) is 11.3. The quantitative estimate of drug-likeness (QED) is 0.604. The van der Waals surface area contributed by atoms with E-state index < -0.39 is 0 Å². The third-order valence-electron chi connectivity index (χ3n) is 2.16. The van der Waals surface area contributed by atoms with Crippen molar-refractivity contribution in [3.8, 4) is 0 Å². The molecule has 0 fully saturated rings. The van der Waals surface area contributed by atoms with Gasteiger partial charge in [0.15, 0.2) is 0 Å². The number of esters is 1. The van der Waals surface area contributed by atoms with Crippen LogP contribution in [-0.2, 0) is 4.74 Å². The lowest BCUT2D eigenvalue weighted by molar-refractivity contribution is 0.0600. The van der Waals surface area contributed by atoms with Gasteiger partial charge in [-0.1, -0.05) is 18.2 Å². The number of carbonyl (C=O) groups excluding carboxylic acids is 1. The van der Waals surface area contributed by atoms with Crippen molar-refractivity contribution in [2.24, 2.45) is 5.73 Å². The van der Waals surface area contributed by atoms with Gasteiger partial charge in [0.05, 0.1) is 12.7 Å². The van der Waals surface area contributed by atoms with Crippen LogP contribution in [0.3, 0.4) is 0 Å². The maximum absolute atomic E-state index is 11.3. The summed E-state index contributed by atoms with van der Waals surface area (Å²) in [6.45, 7) is 3.63. The molecule has 0 aliphatic heterocycles. The Hall–Kier alpha value is -1.61. The first-order valence-corrected chi connectivity index (χ1v) is 4.73. The minimum absolute atomic E-state index is 0.118. The lowest BCUT2D eigenvalue weighted by atomic mass is 10.0. The second-order valence-electron chi connectivity index (χ2n) is 3.25.